The van der Waals surface area contributed by atoms with E-state index in [4.69, 9.17) is 18.3 Å². The van der Waals surface area contributed by atoms with Gasteiger partial charge in [0.2, 0.25) is 0 Å². The van der Waals surface area contributed by atoms with Gasteiger partial charge in [-0.25, -0.2) is 0 Å². The zero-order valence-corrected chi connectivity index (χ0v) is 27.3. The molecule has 0 amide bonds. The summed E-state index contributed by atoms with van der Waals surface area (Å²) in [5.41, 5.74) is 1.76. The molecule has 2 aromatic heterocycles. The topological polar surface area (TPSA) is 68.8 Å². The molecule has 0 atom stereocenters. The Balaban J connectivity index is 0.986. The molecule has 0 bridgehead atoms. The predicted octanol–water partition coefficient (Wildman–Crippen LogP) is 8.64. The molecule has 2 fully saturated rings. The van der Waals surface area contributed by atoms with E-state index in [0.29, 0.717) is 18.2 Å². The van der Waals surface area contributed by atoms with Gasteiger partial charge in [0.25, 0.3) is 0 Å². The van der Waals surface area contributed by atoms with Crippen molar-refractivity contribution in [2.24, 2.45) is 0 Å². The highest BCUT2D eigenvalue weighted by molar-refractivity contribution is 5.80. The molecular weight excluding hydrogens is 536 g/mol. The smallest absolute Gasteiger partial charge is 0.137 e. The average molecular weight is 587 g/mol. The molecule has 0 unspecified atom stereocenters. The van der Waals surface area contributed by atoms with Crippen LogP contribution < -0.4 is 20.1 Å². The quantitative estimate of drug-likeness (QED) is 0.183. The van der Waals surface area contributed by atoms with Crippen LogP contribution in [-0.2, 0) is 10.8 Å². The Morgan fingerprint density at radius 1 is 0.674 bits per heavy atom. The van der Waals surface area contributed by atoms with Crippen LogP contribution in [0.15, 0.2) is 57.4 Å². The molecule has 6 nitrogen and oxygen atoms in total. The van der Waals surface area contributed by atoms with Crippen molar-refractivity contribution in [3.05, 3.63) is 60.1 Å². The van der Waals surface area contributed by atoms with Gasteiger partial charge in [0.15, 0.2) is 0 Å². The molecule has 4 aromatic rings. The molecule has 0 spiro atoms. The number of ether oxygens (including phenoxy) is 2. The molecule has 2 aromatic carbocycles. The summed E-state index contributed by atoms with van der Waals surface area (Å²) in [6, 6.07) is 17.8. The van der Waals surface area contributed by atoms with E-state index >= 15 is 0 Å². The molecule has 2 heterocycles. The van der Waals surface area contributed by atoms with Crippen LogP contribution in [0.25, 0.3) is 21.9 Å². The Hall–Kier alpha value is -2.96. The van der Waals surface area contributed by atoms with Crippen LogP contribution in [0.5, 0.6) is 11.5 Å². The number of hydrogen-bond acceptors (Lipinski definition) is 6. The minimum absolute atomic E-state index is 0.00766. The molecule has 0 aliphatic heterocycles. The Morgan fingerprint density at radius 2 is 1.28 bits per heavy atom. The van der Waals surface area contributed by atoms with E-state index in [1.807, 2.05) is 19.2 Å². The van der Waals surface area contributed by atoms with Gasteiger partial charge in [-0.3, -0.25) is 0 Å². The first kappa shape index (κ1) is 30.1. The van der Waals surface area contributed by atoms with Gasteiger partial charge in [0.1, 0.15) is 46.4 Å². The molecule has 2 aliphatic rings. The lowest BCUT2D eigenvalue weighted by Crippen LogP contribution is -2.54. The Morgan fingerprint density at radius 3 is 1.95 bits per heavy atom. The first-order valence-corrected chi connectivity index (χ1v) is 16.1. The number of nitrogens with one attached hydrogen (secondary N) is 2. The molecule has 232 valence electrons. The van der Waals surface area contributed by atoms with Crippen LogP contribution >= 0.6 is 0 Å². The van der Waals surface area contributed by atoms with Gasteiger partial charge in [0.05, 0.1) is 0 Å². The Bertz CT molecular complexity index is 1560. The summed E-state index contributed by atoms with van der Waals surface area (Å²) < 4.78 is 25.0. The molecule has 43 heavy (non-hydrogen) atoms. The van der Waals surface area contributed by atoms with Crippen LogP contribution in [-0.4, -0.2) is 36.9 Å². The predicted molar refractivity (Wildman–Crippen MR) is 175 cm³/mol. The van der Waals surface area contributed by atoms with Crippen molar-refractivity contribution >= 4 is 21.9 Å². The van der Waals surface area contributed by atoms with Gasteiger partial charge in [0, 0.05) is 45.3 Å². The minimum atomic E-state index is -0.0738. The molecule has 2 N–H and O–H groups in total. The lowest BCUT2D eigenvalue weighted by atomic mass is 9.79. The second kappa shape index (κ2) is 11.2. The van der Waals surface area contributed by atoms with E-state index in [9.17, 15) is 0 Å². The molecule has 6 rings (SSSR count). The number of fused-ring (bicyclic) bond motifs is 2. The van der Waals surface area contributed by atoms with Crippen LogP contribution in [0.1, 0.15) is 98.5 Å². The lowest BCUT2D eigenvalue weighted by Gasteiger charge is -2.42. The van der Waals surface area contributed by atoms with E-state index in [-0.39, 0.29) is 22.5 Å². The standard InChI is InChI=1S/C37H50N2O4/c1-35(2,3)33-16-23-9-10-28(22-32(23)43-33)41-30-20-26(21-30)39-37(6,7)14-13-36(4,5)34-17-24-15-27(11-12-31(24)42-34)40-29-18-25(19-29)38-8/h9-12,15-17,22,25-26,29-30,38-39H,13-14,18-21H2,1-8H3/t25-,26-,29+,30+. The molecule has 6 heteroatoms. The fourth-order valence-corrected chi connectivity index (χ4v) is 6.32. The maximum Gasteiger partial charge on any atom is 0.137 e. The summed E-state index contributed by atoms with van der Waals surface area (Å²) in [6.45, 7) is 15.7. The van der Waals surface area contributed by atoms with E-state index in [1.54, 1.807) is 0 Å². The number of hydrogen-bond donors (Lipinski definition) is 2. The average Bonchev–Trinajstić information content (AvgIpc) is 3.52. The molecular formula is C37H50N2O4. The SMILES string of the molecule is CN[C@H]1C[C@@H](Oc2ccc3oc(C(C)(C)CCC(C)(C)N[C@H]4C[C@@H](Oc5ccc6cc(C(C)(C)C)oc6c5)C4)cc3c2)C1. The van der Waals surface area contributed by atoms with Crippen LogP contribution in [0.3, 0.4) is 0 Å². The molecule has 0 radical (unpaired) electrons. The monoisotopic (exact) mass is 586 g/mol. The summed E-state index contributed by atoms with van der Waals surface area (Å²) in [5, 5.41) is 9.46. The van der Waals surface area contributed by atoms with Gasteiger partial charge < -0.3 is 28.9 Å². The highest BCUT2D eigenvalue weighted by atomic mass is 16.5. The summed E-state index contributed by atoms with van der Waals surface area (Å²) in [6.07, 6.45) is 6.77. The summed E-state index contributed by atoms with van der Waals surface area (Å²) in [4.78, 5) is 0. The second-order valence-electron chi connectivity index (χ2n) is 15.4. The molecule has 2 saturated carbocycles. The Labute approximate surface area is 256 Å². The summed E-state index contributed by atoms with van der Waals surface area (Å²) in [5.74, 6) is 3.86. The maximum absolute atomic E-state index is 6.35. The van der Waals surface area contributed by atoms with E-state index in [2.05, 4.69) is 95.5 Å². The fraction of sp³-hybridized carbons (Fsp3) is 0.568. The first-order valence-electron chi connectivity index (χ1n) is 16.1. The highest BCUT2D eigenvalue weighted by Gasteiger charge is 2.36. The van der Waals surface area contributed by atoms with Crippen molar-refractivity contribution < 1.29 is 18.3 Å². The zero-order valence-electron chi connectivity index (χ0n) is 27.3. The normalized spacial score (nSPS) is 22.9. The van der Waals surface area contributed by atoms with Gasteiger partial charge in [-0.05, 0) is 102 Å². The van der Waals surface area contributed by atoms with E-state index in [1.165, 1.54) is 0 Å². The number of rotatable bonds is 11. The van der Waals surface area contributed by atoms with Crippen LogP contribution in [0, 0.1) is 0 Å². The maximum atomic E-state index is 6.35. The van der Waals surface area contributed by atoms with Gasteiger partial charge in [-0.15, -0.1) is 0 Å². The van der Waals surface area contributed by atoms with Crippen molar-refractivity contribution in [1.29, 1.82) is 0 Å². The zero-order chi connectivity index (χ0) is 30.6. The fourth-order valence-electron chi connectivity index (χ4n) is 6.32. The van der Waals surface area contributed by atoms with Gasteiger partial charge in [-0.1, -0.05) is 34.6 Å². The van der Waals surface area contributed by atoms with Crippen molar-refractivity contribution in [2.75, 3.05) is 7.05 Å². The lowest BCUT2D eigenvalue weighted by molar-refractivity contribution is 0.0689. The van der Waals surface area contributed by atoms with Gasteiger partial charge >= 0.3 is 0 Å². The molecule has 0 saturated heterocycles. The molecule has 2 aliphatic carbocycles. The highest BCUT2D eigenvalue weighted by Crippen LogP contribution is 2.38. The minimum Gasteiger partial charge on any atom is -0.490 e. The van der Waals surface area contributed by atoms with E-state index < -0.39 is 0 Å². The Kier molecular flexibility index (Phi) is 7.83. The van der Waals surface area contributed by atoms with E-state index in [0.717, 1.165) is 83.5 Å². The van der Waals surface area contributed by atoms with Crippen molar-refractivity contribution in [2.45, 2.75) is 128 Å². The van der Waals surface area contributed by atoms with Gasteiger partial charge in [-0.2, -0.15) is 0 Å². The largest absolute Gasteiger partial charge is 0.490 e. The van der Waals surface area contributed by atoms with Crippen LogP contribution in [0.2, 0.25) is 0 Å². The number of furan rings is 2. The number of benzene rings is 2. The van der Waals surface area contributed by atoms with Crippen molar-refractivity contribution in [1.82, 2.24) is 10.6 Å². The first-order chi connectivity index (χ1) is 20.3. The third kappa shape index (κ3) is 6.76. The second-order valence-corrected chi connectivity index (χ2v) is 15.4. The van der Waals surface area contributed by atoms with Crippen molar-refractivity contribution in [3.63, 3.8) is 0 Å². The third-order valence-corrected chi connectivity index (χ3v) is 9.56. The summed E-state index contributed by atoms with van der Waals surface area (Å²) in [7, 11) is 2.02. The summed E-state index contributed by atoms with van der Waals surface area (Å²) >= 11 is 0. The van der Waals surface area contributed by atoms with Crippen molar-refractivity contribution in [3.8, 4) is 11.5 Å². The van der Waals surface area contributed by atoms with Crippen LogP contribution in [0.4, 0.5) is 0 Å². The third-order valence-electron chi connectivity index (χ3n) is 9.56.